The summed E-state index contributed by atoms with van der Waals surface area (Å²) in [5.41, 5.74) is 3.73. The number of hydrogen-bond acceptors (Lipinski definition) is 7. The van der Waals surface area contributed by atoms with Crippen LogP contribution in [0.3, 0.4) is 0 Å². The summed E-state index contributed by atoms with van der Waals surface area (Å²) in [6.07, 6.45) is 3.48. The van der Waals surface area contributed by atoms with E-state index in [1.54, 1.807) is 14.0 Å². The van der Waals surface area contributed by atoms with Crippen molar-refractivity contribution in [2.75, 3.05) is 14.1 Å². The number of carbonyl (C=O) groups is 2. The maximum Gasteiger partial charge on any atom is 0.334 e. The third-order valence-electron chi connectivity index (χ3n) is 5.84. The highest BCUT2D eigenvalue weighted by atomic mass is 16.3. The second-order valence-electron chi connectivity index (χ2n) is 7.62. The highest BCUT2D eigenvalue weighted by Crippen LogP contribution is 2.33. The molecule has 0 bridgehead atoms. The van der Waals surface area contributed by atoms with Crippen LogP contribution in [0.5, 0.6) is 5.88 Å². The summed E-state index contributed by atoms with van der Waals surface area (Å²) in [5.74, 6) is -1.28. The van der Waals surface area contributed by atoms with Crippen molar-refractivity contribution in [2.24, 2.45) is 11.7 Å². The fourth-order valence-electron chi connectivity index (χ4n) is 4.11. The average molecular weight is 422 g/mol. The van der Waals surface area contributed by atoms with Gasteiger partial charge in [0.2, 0.25) is 18.2 Å². The molecule has 0 radical (unpaired) electrons. The van der Waals surface area contributed by atoms with E-state index in [2.05, 4.69) is 5.32 Å². The lowest BCUT2D eigenvalue weighted by Gasteiger charge is -2.32. The standard InChI is InChI=1S/C19H30N6O5/c1-4-24-17(28)14(15(20)21)18(29)25(19(24)30)12-7-5-11(6-8-12)9-13(22-2)16(27)23(3)10-26/h10-13,22,28H,4-9H2,1-3H3,(H3,20,21). The monoisotopic (exact) mass is 422 g/mol. The van der Waals surface area contributed by atoms with Gasteiger partial charge in [0, 0.05) is 19.6 Å². The minimum absolute atomic E-state index is 0.136. The van der Waals surface area contributed by atoms with E-state index in [0.29, 0.717) is 38.5 Å². The van der Waals surface area contributed by atoms with Crippen LogP contribution >= 0.6 is 0 Å². The number of amides is 2. The van der Waals surface area contributed by atoms with Gasteiger partial charge in [0.15, 0.2) is 0 Å². The third kappa shape index (κ3) is 4.45. The number of carbonyl (C=O) groups excluding carboxylic acids is 2. The van der Waals surface area contributed by atoms with Gasteiger partial charge >= 0.3 is 5.69 Å². The molecule has 0 aliphatic heterocycles. The minimum Gasteiger partial charge on any atom is -0.494 e. The molecule has 1 atom stereocenters. The Bertz CT molecular complexity index is 929. The van der Waals surface area contributed by atoms with Crippen molar-refractivity contribution in [3.63, 3.8) is 0 Å². The van der Waals surface area contributed by atoms with Gasteiger partial charge in [0.1, 0.15) is 11.4 Å². The number of nitrogens with two attached hydrogens (primary N) is 1. The average Bonchev–Trinajstić information content (AvgIpc) is 2.71. The summed E-state index contributed by atoms with van der Waals surface area (Å²) in [7, 11) is 3.08. The van der Waals surface area contributed by atoms with Crippen molar-refractivity contribution in [3.8, 4) is 5.88 Å². The quantitative estimate of drug-likeness (QED) is 0.245. The first-order valence-corrected chi connectivity index (χ1v) is 9.99. The molecule has 0 aromatic carbocycles. The topological polar surface area (TPSA) is 164 Å². The normalized spacial score (nSPS) is 19.8. The predicted octanol–water partition coefficient (Wildman–Crippen LogP) is -0.656. The molecule has 11 nitrogen and oxygen atoms in total. The molecular weight excluding hydrogens is 392 g/mol. The van der Waals surface area contributed by atoms with Gasteiger partial charge in [-0.25, -0.2) is 4.79 Å². The number of nitrogens with zero attached hydrogens (tertiary/aromatic N) is 3. The Balaban J connectivity index is 2.23. The fraction of sp³-hybridized carbons (Fsp3) is 0.632. The Labute approximate surface area is 174 Å². The number of nitrogen functional groups attached to an aromatic ring is 1. The largest absolute Gasteiger partial charge is 0.494 e. The number of likely N-dealkylation sites (N-methyl/N-ethyl adjacent to an activating group) is 2. The molecule has 0 spiro atoms. The highest BCUT2D eigenvalue weighted by Gasteiger charge is 2.31. The molecule has 2 rings (SSSR count). The molecule has 11 heteroatoms. The number of aromatic nitrogens is 2. The van der Waals surface area contributed by atoms with Gasteiger partial charge in [-0.1, -0.05) is 0 Å². The number of nitrogens with one attached hydrogen (secondary N) is 2. The number of hydrogen-bond donors (Lipinski definition) is 4. The molecule has 1 unspecified atom stereocenters. The maximum absolute atomic E-state index is 12.8. The minimum atomic E-state index is -0.756. The lowest BCUT2D eigenvalue weighted by Crippen LogP contribution is -2.46. The van der Waals surface area contributed by atoms with Crippen LogP contribution in [0.25, 0.3) is 0 Å². The molecule has 1 fully saturated rings. The van der Waals surface area contributed by atoms with Gasteiger partial charge in [-0.3, -0.25) is 33.8 Å². The first-order chi connectivity index (χ1) is 14.2. The van der Waals surface area contributed by atoms with E-state index in [4.69, 9.17) is 11.1 Å². The Kier molecular flexibility index (Phi) is 7.54. The zero-order chi connectivity index (χ0) is 22.6. The highest BCUT2D eigenvalue weighted by molar-refractivity contribution is 5.96. The van der Waals surface area contributed by atoms with Crippen molar-refractivity contribution < 1.29 is 14.7 Å². The van der Waals surface area contributed by atoms with E-state index in [9.17, 15) is 24.3 Å². The van der Waals surface area contributed by atoms with Crippen LogP contribution in [0.1, 0.15) is 50.6 Å². The van der Waals surface area contributed by atoms with Gasteiger partial charge in [0.05, 0.1) is 6.04 Å². The SMILES string of the molecule is CCn1c(O)c(C(=N)N)c(=O)n(C2CCC(CC(NC)C(=O)N(C)C=O)CC2)c1=O. The second-order valence-corrected chi connectivity index (χ2v) is 7.62. The van der Waals surface area contributed by atoms with Gasteiger partial charge in [-0.05, 0) is 52.0 Å². The van der Waals surface area contributed by atoms with E-state index in [1.807, 2.05) is 0 Å². The van der Waals surface area contributed by atoms with E-state index < -0.39 is 29.0 Å². The van der Waals surface area contributed by atoms with E-state index in [0.717, 1.165) is 14.0 Å². The van der Waals surface area contributed by atoms with E-state index in [1.165, 1.54) is 7.05 Å². The van der Waals surface area contributed by atoms with Crippen molar-refractivity contribution in [3.05, 3.63) is 26.4 Å². The van der Waals surface area contributed by atoms with Crippen LogP contribution in [-0.2, 0) is 16.1 Å². The van der Waals surface area contributed by atoms with Crippen LogP contribution in [-0.4, -0.2) is 57.4 Å². The van der Waals surface area contributed by atoms with E-state index >= 15 is 0 Å². The van der Waals surface area contributed by atoms with Crippen molar-refractivity contribution in [1.82, 2.24) is 19.4 Å². The first kappa shape index (κ1) is 23.3. The van der Waals surface area contributed by atoms with Gasteiger partial charge in [0.25, 0.3) is 5.56 Å². The number of aromatic hydroxyl groups is 1. The van der Waals surface area contributed by atoms with Crippen LogP contribution < -0.4 is 22.3 Å². The smallest absolute Gasteiger partial charge is 0.334 e. The Morgan fingerprint density at radius 1 is 1.37 bits per heavy atom. The molecular formula is C19H30N6O5. The lowest BCUT2D eigenvalue weighted by molar-refractivity contribution is -0.138. The Morgan fingerprint density at radius 3 is 2.43 bits per heavy atom. The summed E-state index contributed by atoms with van der Waals surface area (Å²) in [6.45, 7) is 1.79. The molecule has 1 aromatic rings. The molecule has 2 amide bonds. The van der Waals surface area contributed by atoms with Crippen molar-refractivity contribution in [1.29, 1.82) is 5.41 Å². The molecule has 5 N–H and O–H groups in total. The number of rotatable bonds is 8. The molecule has 1 aliphatic rings. The number of amidine groups is 1. The third-order valence-corrected chi connectivity index (χ3v) is 5.84. The number of imide groups is 1. The first-order valence-electron chi connectivity index (χ1n) is 9.99. The fourth-order valence-corrected chi connectivity index (χ4v) is 4.11. The van der Waals surface area contributed by atoms with Crippen molar-refractivity contribution in [2.45, 2.75) is 57.7 Å². The van der Waals surface area contributed by atoms with Crippen molar-refractivity contribution >= 4 is 18.2 Å². The maximum atomic E-state index is 12.8. The summed E-state index contributed by atoms with van der Waals surface area (Å²) in [5, 5.41) is 20.7. The Morgan fingerprint density at radius 2 is 1.97 bits per heavy atom. The summed E-state index contributed by atoms with van der Waals surface area (Å²) < 4.78 is 2.13. The van der Waals surface area contributed by atoms with Gasteiger partial charge < -0.3 is 16.2 Å². The zero-order valence-corrected chi connectivity index (χ0v) is 17.6. The second kappa shape index (κ2) is 9.70. The summed E-state index contributed by atoms with van der Waals surface area (Å²) in [6, 6.07) is -0.862. The lowest BCUT2D eigenvalue weighted by atomic mass is 9.82. The molecule has 1 aromatic heterocycles. The summed E-state index contributed by atoms with van der Waals surface area (Å²) in [4.78, 5) is 49.7. The van der Waals surface area contributed by atoms with Gasteiger partial charge in [-0.15, -0.1) is 0 Å². The molecule has 30 heavy (non-hydrogen) atoms. The van der Waals surface area contributed by atoms with Crippen LogP contribution in [0.15, 0.2) is 9.59 Å². The summed E-state index contributed by atoms with van der Waals surface area (Å²) >= 11 is 0. The molecule has 0 saturated heterocycles. The molecule has 1 heterocycles. The van der Waals surface area contributed by atoms with E-state index in [-0.39, 0.29) is 30.0 Å². The Hall–Kier alpha value is -2.95. The van der Waals surface area contributed by atoms with Crippen LogP contribution in [0.4, 0.5) is 0 Å². The molecule has 1 aliphatic carbocycles. The van der Waals surface area contributed by atoms with Crippen LogP contribution in [0.2, 0.25) is 0 Å². The predicted molar refractivity (Wildman–Crippen MR) is 111 cm³/mol. The molecule has 1 saturated carbocycles. The zero-order valence-electron chi connectivity index (χ0n) is 17.6. The molecule has 166 valence electrons. The van der Waals surface area contributed by atoms with Crippen LogP contribution in [0, 0.1) is 11.3 Å². The van der Waals surface area contributed by atoms with Gasteiger partial charge in [-0.2, -0.15) is 0 Å².